The Morgan fingerprint density at radius 2 is 1.71 bits per heavy atom. The minimum atomic E-state index is -2.37. The Kier molecular flexibility index (Phi) is 9.44. The van der Waals surface area contributed by atoms with Crippen molar-refractivity contribution in [2.75, 3.05) is 18.1 Å². The third kappa shape index (κ3) is 7.47. The van der Waals surface area contributed by atoms with Crippen molar-refractivity contribution >= 4 is 38.0 Å². The first-order chi connectivity index (χ1) is 20.2. The standard InChI is InChI=1S/C34H36O6S2/c1-3-4-27(18-34(35)36)26-7-5-24(6-8-26)20-40-29-10-12-33-31(19-29)32(22-41-33)30-11-9-28(17-23(30)2)39-21-25-13-15-42(37,38)16-14-25/h5-12,17,19,22,25,27,37-38H,13-16,18,20-21H2,1-2H3,(H,35,36). The van der Waals surface area contributed by atoms with E-state index in [0.717, 1.165) is 57.5 Å². The van der Waals surface area contributed by atoms with Gasteiger partial charge in [-0.2, -0.15) is 10.6 Å². The molecule has 1 aliphatic heterocycles. The van der Waals surface area contributed by atoms with Gasteiger partial charge in [-0.05, 0) is 90.6 Å². The number of fused-ring (bicyclic) bond motifs is 1. The molecule has 1 aliphatic rings. The zero-order valence-corrected chi connectivity index (χ0v) is 25.5. The number of aryl methyl sites for hydroxylation is 1. The van der Waals surface area contributed by atoms with Gasteiger partial charge in [0.25, 0.3) is 0 Å². The number of carboxylic acids is 1. The molecule has 2 heterocycles. The van der Waals surface area contributed by atoms with Gasteiger partial charge in [0, 0.05) is 27.2 Å². The van der Waals surface area contributed by atoms with Crippen LogP contribution < -0.4 is 9.47 Å². The van der Waals surface area contributed by atoms with Crippen molar-refractivity contribution in [2.45, 2.75) is 45.6 Å². The number of aliphatic carboxylic acids is 1. The lowest BCUT2D eigenvalue weighted by Gasteiger charge is -2.39. The monoisotopic (exact) mass is 604 g/mol. The molecule has 8 heteroatoms. The average Bonchev–Trinajstić information content (AvgIpc) is 3.38. The molecule has 6 nitrogen and oxygen atoms in total. The molecular weight excluding hydrogens is 569 g/mol. The largest absolute Gasteiger partial charge is 0.493 e. The lowest BCUT2D eigenvalue weighted by atomic mass is 9.95. The lowest BCUT2D eigenvalue weighted by Crippen LogP contribution is -2.24. The molecule has 5 rings (SSSR count). The zero-order chi connectivity index (χ0) is 29.7. The topological polar surface area (TPSA) is 96.2 Å². The first-order valence-corrected chi connectivity index (χ1v) is 16.8. The molecule has 4 aromatic rings. The van der Waals surface area contributed by atoms with Crippen molar-refractivity contribution in [3.8, 4) is 34.5 Å². The summed E-state index contributed by atoms with van der Waals surface area (Å²) in [5.41, 5.74) is 5.33. The molecule has 1 saturated heterocycles. The van der Waals surface area contributed by atoms with Gasteiger partial charge in [-0.1, -0.05) is 36.3 Å². The molecule has 1 aromatic heterocycles. The molecule has 0 aliphatic carbocycles. The third-order valence-electron chi connectivity index (χ3n) is 7.71. The molecule has 0 radical (unpaired) electrons. The number of carboxylic acid groups (broad SMARTS) is 1. The Hall–Kier alpha value is -3.48. The quantitative estimate of drug-likeness (QED) is 0.157. The van der Waals surface area contributed by atoms with Crippen LogP contribution in [0.3, 0.4) is 0 Å². The molecule has 220 valence electrons. The van der Waals surface area contributed by atoms with E-state index in [-0.39, 0.29) is 12.3 Å². The van der Waals surface area contributed by atoms with Crippen LogP contribution in [-0.4, -0.2) is 38.3 Å². The van der Waals surface area contributed by atoms with Gasteiger partial charge in [-0.3, -0.25) is 13.9 Å². The van der Waals surface area contributed by atoms with Gasteiger partial charge in [0.15, 0.2) is 0 Å². The van der Waals surface area contributed by atoms with Crippen LogP contribution in [0, 0.1) is 24.7 Å². The van der Waals surface area contributed by atoms with Crippen LogP contribution in [0.4, 0.5) is 0 Å². The molecule has 3 aromatic carbocycles. The van der Waals surface area contributed by atoms with Gasteiger partial charge in [0.1, 0.15) is 18.1 Å². The number of carbonyl (C=O) groups is 1. The fourth-order valence-corrected chi connectivity index (χ4v) is 7.85. The maximum Gasteiger partial charge on any atom is 0.304 e. The molecule has 0 saturated carbocycles. The highest BCUT2D eigenvalue weighted by Gasteiger charge is 2.24. The predicted molar refractivity (Wildman–Crippen MR) is 172 cm³/mol. The van der Waals surface area contributed by atoms with Gasteiger partial charge < -0.3 is 14.6 Å². The number of thiophene rings is 1. The van der Waals surface area contributed by atoms with Crippen LogP contribution in [0.25, 0.3) is 21.2 Å². The summed E-state index contributed by atoms with van der Waals surface area (Å²) in [6.45, 7) is 4.81. The summed E-state index contributed by atoms with van der Waals surface area (Å²) in [6, 6.07) is 20.2. The van der Waals surface area contributed by atoms with E-state index in [2.05, 4.69) is 48.4 Å². The fourth-order valence-electron chi connectivity index (χ4n) is 5.29. The summed E-state index contributed by atoms with van der Waals surface area (Å²) in [7, 11) is -2.37. The van der Waals surface area contributed by atoms with Crippen LogP contribution >= 0.6 is 21.9 Å². The van der Waals surface area contributed by atoms with Crippen molar-refractivity contribution in [3.63, 3.8) is 0 Å². The van der Waals surface area contributed by atoms with Crippen LogP contribution in [0.2, 0.25) is 0 Å². The molecule has 3 N–H and O–H groups in total. The normalized spacial score (nSPS) is 16.3. The average molecular weight is 605 g/mol. The maximum atomic E-state index is 11.2. The van der Waals surface area contributed by atoms with Crippen LogP contribution in [0.5, 0.6) is 11.5 Å². The zero-order valence-electron chi connectivity index (χ0n) is 23.8. The number of hydrogen-bond donors (Lipinski definition) is 3. The molecule has 0 spiro atoms. The van der Waals surface area contributed by atoms with Gasteiger partial charge in [0.05, 0.1) is 18.9 Å². The number of rotatable bonds is 10. The predicted octanol–water partition coefficient (Wildman–Crippen LogP) is 8.58. The molecule has 1 fully saturated rings. The van der Waals surface area contributed by atoms with E-state index >= 15 is 0 Å². The first-order valence-electron chi connectivity index (χ1n) is 14.0. The molecular formula is C34H36O6S2. The highest BCUT2D eigenvalue weighted by atomic mass is 32.3. The minimum absolute atomic E-state index is 0.0204. The smallest absolute Gasteiger partial charge is 0.304 e. The Balaban J connectivity index is 1.24. The molecule has 0 amide bonds. The van der Waals surface area contributed by atoms with Crippen molar-refractivity contribution in [3.05, 3.63) is 82.7 Å². The van der Waals surface area contributed by atoms with E-state index in [1.807, 2.05) is 36.4 Å². The molecule has 0 bridgehead atoms. The maximum absolute atomic E-state index is 11.2. The SMILES string of the molecule is CC#CC(CC(=O)O)c1ccc(COc2ccc3scc(-c4ccc(OCC5CCS(O)(O)CC5)cc4C)c3c2)cc1. The number of ether oxygens (including phenoxy) is 2. The van der Waals surface area contributed by atoms with E-state index < -0.39 is 16.6 Å². The summed E-state index contributed by atoms with van der Waals surface area (Å²) in [6.07, 6.45) is 1.56. The van der Waals surface area contributed by atoms with Gasteiger partial charge >= 0.3 is 5.97 Å². The molecule has 42 heavy (non-hydrogen) atoms. The molecule has 1 atom stereocenters. The Bertz CT molecular complexity index is 1600. The van der Waals surface area contributed by atoms with E-state index in [9.17, 15) is 19.0 Å². The lowest BCUT2D eigenvalue weighted by molar-refractivity contribution is -0.137. The second-order valence-corrected chi connectivity index (χ2v) is 14.2. The van der Waals surface area contributed by atoms with Crippen molar-refractivity contribution in [1.29, 1.82) is 0 Å². The van der Waals surface area contributed by atoms with Crippen LogP contribution in [-0.2, 0) is 11.4 Å². The highest BCUT2D eigenvalue weighted by molar-refractivity contribution is 8.24. The van der Waals surface area contributed by atoms with Gasteiger partial charge in [-0.25, -0.2) is 0 Å². The fraction of sp³-hybridized carbons (Fsp3) is 0.324. The summed E-state index contributed by atoms with van der Waals surface area (Å²) in [5.74, 6) is 7.56. The van der Waals surface area contributed by atoms with E-state index in [0.29, 0.717) is 30.6 Å². The Morgan fingerprint density at radius 3 is 2.40 bits per heavy atom. The number of benzene rings is 3. The van der Waals surface area contributed by atoms with E-state index in [4.69, 9.17) is 9.47 Å². The van der Waals surface area contributed by atoms with E-state index in [1.54, 1.807) is 18.3 Å². The van der Waals surface area contributed by atoms with Crippen molar-refractivity contribution in [2.24, 2.45) is 5.92 Å². The van der Waals surface area contributed by atoms with E-state index in [1.165, 1.54) is 4.70 Å². The molecule has 1 unspecified atom stereocenters. The van der Waals surface area contributed by atoms with Gasteiger partial charge in [-0.15, -0.1) is 17.3 Å². The Morgan fingerprint density at radius 1 is 1.00 bits per heavy atom. The van der Waals surface area contributed by atoms with Gasteiger partial charge in [0.2, 0.25) is 0 Å². The number of hydrogen-bond acceptors (Lipinski definition) is 6. The van der Waals surface area contributed by atoms with Crippen LogP contribution in [0.1, 0.15) is 48.8 Å². The third-order valence-corrected chi connectivity index (χ3v) is 10.5. The summed E-state index contributed by atoms with van der Waals surface area (Å²) < 4.78 is 33.1. The summed E-state index contributed by atoms with van der Waals surface area (Å²) in [4.78, 5) is 11.2. The summed E-state index contributed by atoms with van der Waals surface area (Å²) >= 11 is 1.71. The minimum Gasteiger partial charge on any atom is -0.493 e. The second kappa shape index (κ2) is 13.2. The van der Waals surface area contributed by atoms with Crippen LogP contribution in [0.15, 0.2) is 66.0 Å². The second-order valence-electron chi connectivity index (χ2n) is 10.8. The van der Waals surface area contributed by atoms with Crippen molar-refractivity contribution in [1.82, 2.24) is 0 Å². The van der Waals surface area contributed by atoms with Crippen molar-refractivity contribution < 1.29 is 28.5 Å². The summed E-state index contributed by atoms with van der Waals surface area (Å²) in [5, 5.41) is 12.5. The Labute approximate surface area is 252 Å². The highest BCUT2D eigenvalue weighted by Crippen LogP contribution is 2.46. The first kappa shape index (κ1) is 30.0.